The van der Waals surface area contributed by atoms with Crippen LogP contribution in [0.2, 0.25) is 0 Å². The quantitative estimate of drug-likeness (QED) is 0.840. The van der Waals surface area contributed by atoms with Crippen molar-refractivity contribution in [3.05, 3.63) is 45.4 Å². The highest BCUT2D eigenvalue weighted by molar-refractivity contribution is 7.88. The van der Waals surface area contributed by atoms with Gasteiger partial charge in [-0.3, -0.25) is 9.00 Å². The van der Waals surface area contributed by atoms with Gasteiger partial charge in [0.05, 0.1) is 16.6 Å². The van der Waals surface area contributed by atoms with Crippen molar-refractivity contribution < 1.29 is 9.00 Å². The molecule has 0 heterocycles. The molecular formula is C10H9Cl2NO2S. The summed E-state index contributed by atoms with van der Waals surface area (Å²) in [6, 6.07) is 9.20. The van der Waals surface area contributed by atoms with E-state index in [1.807, 2.05) is 30.3 Å². The van der Waals surface area contributed by atoms with Gasteiger partial charge in [-0.1, -0.05) is 53.5 Å². The van der Waals surface area contributed by atoms with Crippen molar-refractivity contribution in [1.29, 1.82) is 0 Å². The fraction of sp³-hybridized carbons (Fsp3) is 0.100. The smallest absolute Gasteiger partial charge is 0.212 e. The summed E-state index contributed by atoms with van der Waals surface area (Å²) in [7, 11) is -1.47. The standard InChI is InChI=1S/C10H9Cl2NO2S/c11-9(12)10(13-7-14)16(15)6-8-4-2-1-3-5-8/h1-5,7H,6H2,(H,13,14). The molecule has 0 saturated carbocycles. The lowest BCUT2D eigenvalue weighted by atomic mass is 10.2. The van der Waals surface area contributed by atoms with Gasteiger partial charge in [0.1, 0.15) is 9.52 Å². The van der Waals surface area contributed by atoms with Gasteiger partial charge >= 0.3 is 0 Å². The minimum absolute atomic E-state index is 0.0298. The molecule has 0 aliphatic heterocycles. The Morgan fingerprint density at radius 3 is 2.44 bits per heavy atom. The largest absolute Gasteiger partial charge is 0.319 e. The number of halogens is 2. The number of benzene rings is 1. The monoisotopic (exact) mass is 277 g/mol. The van der Waals surface area contributed by atoms with E-state index in [1.165, 1.54) is 0 Å². The minimum Gasteiger partial charge on any atom is -0.319 e. The Balaban J connectivity index is 2.79. The van der Waals surface area contributed by atoms with Crippen molar-refractivity contribution >= 4 is 40.4 Å². The average Bonchev–Trinajstić information content (AvgIpc) is 2.26. The van der Waals surface area contributed by atoms with Gasteiger partial charge in [0.2, 0.25) is 6.41 Å². The van der Waals surface area contributed by atoms with Crippen LogP contribution in [0.3, 0.4) is 0 Å². The van der Waals surface area contributed by atoms with Crippen LogP contribution >= 0.6 is 23.2 Å². The van der Waals surface area contributed by atoms with E-state index in [-0.39, 0.29) is 15.3 Å². The van der Waals surface area contributed by atoms with Gasteiger partial charge in [0, 0.05) is 0 Å². The molecule has 0 aromatic heterocycles. The van der Waals surface area contributed by atoms with Gasteiger partial charge < -0.3 is 5.32 Å². The molecule has 1 rings (SSSR count). The van der Waals surface area contributed by atoms with Gasteiger partial charge in [-0.2, -0.15) is 0 Å². The summed E-state index contributed by atoms with van der Waals surface area (Å²) in [6.07, 6.45) is 0.392. The molecule has 0 fully saturated rings. The highest BCUT2D eigenvalue weighted by Crippen LogP contribution is 2.17. The first-order valence-corrected chi connectivity index (χ1v) is 6.40. The zero-order chi connectivity index (χ0) is 12.0. The SMILES string of the molecule is O=CNC(=C(Cl)Cl)S(=O)Cc1ccccc1. The highest BCUT2D eigenvalue weighted by atomic mass is 35.5. The van der Waals surface area contributed by atoms with Crippen LogP contribution in [0.4, 0.5) is 0 Å². The predicted molar refractivity (Wildman–Crippen MR) is 66.2 cm³/mol. The fourth-order valence-electron chi connectivity index (χ4n) is 1.06. The molecule has 0 spiro atoms. The predicted octanol–water partition coefficient (Wildman–Crippen LogP) is 2.29. The van der Waals surface area contributed by atoms with E-state index in [1.54, 1.807) is 0 Å². The van der Waals surface area contributed by atoms with Crippen LogP contribution in [-0.4, -0.2) is 10.6 Å². The zero-order valence-corrected chi connectivity index (χ0v) is 10.5. The van der Waals surface area contributed by atoms with E-state index >= 15 is 0 Å². The lowest BCUT2D eigenvalue weighted by Crippen LogP contribution is -2.16. The molecule has 6 heteroatoms. The third-order valence-electron chi connectivity index (χ3n) is 1.73. The first kappa shape index (κ1) is 13.2. The summed E-state index contributed by atoms with van der Waals surface area (Å²) >= 11 is 11.0. The van der Waals surface area contributed by atoms with Gasteiger partial charge in [0.25, 0.3) is 0 Å². The van der Waals surface area contributed by atoms with Crippen molar-refractivity contribution in [3.63, 3.8) is 0 Å². The number of hydrogen-bond donors (Lipinski definition) is 1. The van der Waals surface area contributed by atoms with Crippen molar-refractivity contribution in [3.8, 4) is 0 Å². The van der Waals surface area contributed by atoms with Gasteiger partial charge in [0.15, 0.2) is 0 Å². The lowest BCUT2D eigenvalue weighted by Gasteiger charge is -2.05. The minimum atomic E-state index is -1.47. The second-order valence-electron chi connectivity index (χ2n) is 2.83. The number of hydrogen-bond acceptors (Lipinski definition) is 2. The summed E-state index contributed by atoms with van der Waals surface area (Å²) in [6.45, 7) is 0. The maximum Gasteiger partial charge on any atom is 0.212 e. The van der Waals surface area contributed by atoms with Crippen LogP contribution in [0.25, 0.3) is 0 Å². The van der Waals surface area contributed by atoms with E-state index in [4.69, 9.17) is 23.2 Å². The second kappa shape index (κ2) is 6.68. The van der Waals surface area contributed by atoms with Crippen LogP contribution in [0.15, 0.2) is 39.9 Å². The Kier molecular flexibility index (Phi) is 5.52. The average molecular weight is 278 g/mol. The van der Waals surface area contributed by atoms with E-state index in [9.17, 15) is 9.00 Å². The highest BCUT2D eigenvalue weighted by Gasteiger charge is 2.11. The molecule has 1 atom stereocenters. The van der Waals surface area contributed by atoms with Crippen LogP contribution in [0.5, 0.6) is 0 Å². The molecule has 86 valence electrons. The van der Waals surface area contributed by atoms with E-state index < -0.39 is 10.8 Å². The third kappa shape index (κ3) is 3.96. The number of amides is 1. The van der Waals surface area contributed by atoms with Crippen LogP contribution in [-0.2, 0) is 21.3 Å². The van der Waals surface area contributed by atoms with E-state index in [0.717, 1.165) is 5.56 Å². The lowest BCUT2D eigenvalue weighted by molar-refractivity contribution is -0.108. The third-order valence-corrected chi connectivity index (χ3v) is 3.70. The Hall–Kier alpha value is -0.840. The first-order chi connectivity index (χ1) is 7.65. The summed E-state index contributed by atoms with van der Waals surface area (Å²) in [5.74, 6) is 0.250. The molecule has 0 aliphatic carbocycles. The van der Waals surface area contributed by atoms with Crippen molar-refractivity contribution in [1.82, 2.24) is 5.32 Å². The Morgan fingerprint density at radius 2 is 1.94 bits per heavy atom. The van der Waals surface area contributed by atoms with Gasteiger partial charge in [-0.05, 0) is 5.56 Å². The van der Waals surface area contributed by atoms with E-state index in [0.29, 0.717) is 6.41 Å². The molecule has 1 aromatic rings. The van der Waals surface area contributed by atoms with Crippen LogP contribution in [0.1, 0.15) is 5.56 Å². The Labute approximate surface area is 106 Å². The van der Waals surface area contributed by atoms with Crippen molar-refractivity contribution in [2.24, 2.45) is 0 Å². The normalized spacial score (nSPS) is 11.6. The molecule has 0 saturated heterocycles. The molecule has 16 heavy (non-hydrogen) atoms. The maximum absolute atomic E-state index is 11.8. The molecule has 1 amide bonds. The molecule has 1 unspecified atom stereocenters. The van der Waals surface area contributed by atoms with Crippen molar-refractivity contribution in [2.45, 2.75) is 5.75 Å². The molecule has 0 bridgehead atoms. The molecule has 0 radical (unpaired) electrons. The Morgan fingerprint density at radius 1 is 1.31 bits per heavy atom. The van der Waals surface area contributed by atoms with Gasteiger partial charge in [-0.25, -0.2) is 0 Å². The molecule has 3 nitrogen and oxygen atoms in total. The summed E-state index contributed by atoms with van der Waals surface area (Å²) in [4.78, 5) is 10.3. The zero-order valence-electron chi connectivity index (χ0n) is 8.15. The van der Waals surface area contributed by atoms with Crippen LogP contribution in [0, 0.1) is 0 Å². The molecular weight excluding hydrogens is 269 g/mol. The number of rotatable bonds is 5. The number of carbonyl (C=O) groups excluding carboxylic acids is 1. The summed E-state index contributed by atoms with van der Waals surface area (Å²) in [5.41, 5.74) is 0.876. The van der Waals surface area contributed by atoms with Crippen LogP contribution < -0.4 is 5.32 Å². The van der Waals surface area contributed by atoms with Gasteiger partial charge in [-0.15, -0.1) is 0 Å². The summed E-state index contributed by atoms with van der Waals surface area (Å²) < 4.78 is 11.6. The maximum atomic E-state index is 11.8. The summed E-state index contributed by atoms with van der Waals surface area (Å²) in [5, 5.41) is 2.27. The second-order valence-corrected chi connectivity index (χ2v) is 5.16. The topological polar surface area (TPSA) is 46.2 Å². The molecule has 0 aliphatic rings. The first-order valence-electron chi connectivity index (χ1n) is 4.33. The number of nitrogens with one attached hydrogen (secondary N) is 1. The number of carbonyl (C=O) groups is 1. The van der Waals surface area contributed by atoms with Crippen molar-refractivity contribution in [2.75, 3.05) is 0 Å². The molecule has 1 N–H and O–H groups in total. The van der Waals surface area contributed by atoms with E-state index in [2.05, 4.69) is 5.32 Å². The fourth-order valence-corrected chi connectivity index (χ4v) is 2.67. The Bertz CT molecular complexity index is 416. The molecule has 1 aromatic carbocycles.